The molecule has 10 heavy (non-hydrogen) atoms. The maximum absolute atomic E-state index is 5.75. The summed E-state index contributed by atoms with van der Waals surface area (Å²) in [5.41, 5.74) is 3.29. The number of benzene rings is 1. The predicted octanol–water partition coefficient (Wildman–Crippen LogP) is 2.39. The summed E-state index contributed by atoms with van der Waals surface area (Å²) in [5.74, 6) is 5.18. The van der Waals surface area contributed by atoms with Crippen LogP contribution in [-0.2, 0) is 0 Å². The molecular weight excluding hydrogens is 215 g/mol. The Morgan fingerprint density at radius 2 is 2.20 bits per heavy atom. The summed E-state index contributed by atoms with van der Waals surface area (Å²) in [6, 6.07) is 5.44. The molecule has 0 aromatic heterocycles. The molecular formula is C6H6BrClN2. The van der Waals surface area contributed by atoms with Gasteiger partial charge in [-0.1, -0.05) is 17.7 Å². The maximum Gasteiger partial charge on any atom is 0.0642 e. The van der Waals surface area contributed by atoms with Crippen molar-refractivity contribution in [2.24, 2.45) is 5.84 Å². The van der Waals surface area contributed by atoms with E-state index in [1.54, 1.807) is 6.07 Å². The smallest absolute Gasteiger partial charge is 0.0642 e. The van der Waals surface area contributed by atoms with Crippen LogP contribution < -0.4 is 11.3 Å². The molecule has 1 aromatic carbocycles. The molecule has 0 aliphatic carbocycles. The van der Waals surface area contributed by atoms with Crippen molar-refractivity contribution < 1.29 is 0 Å². The molecule has 2 nitrogen and oxygen atoms in total. The highest BCUT2D eigenvalue weighted by atomic mass is 79.9. The second-order valence-corrected chi connectivity index (χ2v) is 2.95. The molecule has 54 valence electrons. The van der Waals surface area contributed by atoms with Crippen LogP contribution in [-0.4, -0.2) is 0 Å². The Kier molecular flexibility index (Phi) is 2.54. The maximum atomic E-state index is 5.75. The van der Waals surface area contributed by atoms with Gasteiger partial charge >= 0.3 is 0 Å². The van der Waals surface area contributed by atoms with E-state index in [-0.39, 0.29) is 0 Å². The van der Waals surface area contributed by atoms with Crippen LogP contribution in [0.25, 0.3) is 0 Å². The molecule has 0 radical (unpaired) electrons. The minimum atomic E-state index is 0.649. The molecule has 0 amide bonds. The lowest BCUT2D eigenvalue weighted by molar-refractivity contribution is 1.34. The van der Waals surface area contributed by atoms with Gasteiger partial charge in [0.15, 0.2) is 0 Å². The predicted molar refractivity (Wildman–Crippen MR) is 47.0 cm³/mol. The minimum Gasteiger partial charge on any atom is -0.323 e. The second kappa shape index (κ2) is 3.23. The molecule has 0 fully saturated rings. The Hall–Kier alpha value is -0.250. The number of hydrogen-bond donors (Lipinski definition) is 2. The molecule has 0 unspecified atom stereocenters. The van der Waals surface area contributed by atoms with Crippen LogP contribution in [0.5, 0.6) is 0 Å². The average Bonchev–Trinajstić information content (AvgIpc) is 1.95. The van der Waals surface area contributed by atoms with Gasteiger partial charge in [-0.05, 0) is 28.1 Å². The summed E-state index contributed by atoms with van der Waals surface area (Å²) in [6.45, 7) is 0. The van der Waals surface area contributed by atoms with E-state index >= 15 is 0 Å². The number of rotatable bonds is 1. The lowest BCUT2D eigenvalue weighted by Gasteiger charge is -2.02. The third-order valence-corrected chi connectivity index (χ3v) is 2.50. The van der Waals surface area contributed by atoms with E-state index in [1.807, 2.05) is 12.1 Å². The van der Waals surface area contributed by atoms with Crippen LogP contribution in [0, 0.1) is 0 Å². The van der Waals surface area contributed by atoms with Crippen LogP contribution in [0.2, 0.25) is 5.02 Å². The number of hydrazine groups is 1. The molecule has 0 spiro atoms. The van der Waals surface area contributed by atoms with Gasteiger partial charge < -0.3 is 5.43 Å². The fourth-order valence-electron chi connectivity index (χ4n) is 0.615. The fourth-order valence-corrected chi connectivity index (χ4v) is 1.17. The number of halogens is 2. The minimum absolute atomic E-state index is 0.649. The number of nitrogen functional groups attached to an aromatic ring is 1. The summed E-state index contributed by atoms with van der Waals surface area (Å²) in [5, 5.41) is 0.649. The van der Waals surface area contributed by atoms with Crippen molar-refractivity contribution >= 4 is 33.2 Å². The van der Waals surface area contributed by atoms with E-state index in [2.05, 4.69) is 21.4 Å². The number of nitrogens with two attached hydrogens (primary N) is 1. The highest BCUT2D eigenvalue weighted by Gasteiger charge is 1.99. The quantitative estimate of drug-likeness (QED) is 0.564. The molecule has 1 rings (SSSR count). The molecule has 0 saturated carbocycles. The molecule has 0 heterocycles. The first-order valence-electron chi connectivity index (χ1n) is 2.66. The van der Waals surface area contributed by atoms with Gasteiger partial charge in [0.25, 0.3) is 0 Å². The van der Waals surface area contributed by atoms with E-state index < -0.39 is 0 Å². The molecule has 0 atom stereocenters. The van der Waals surface area contributed by atoms with Gasteiger partial charge in [-0.2, -0.15) is 0 Å². The van der Waals surface area contributed by atoms with Crippen molar-refractivity contribution in [1.82, 2.24) is 0 Å². The van der Waals surface area contributed by atoms with Crippen LogP contribution in [0.15, 0.2) is 22.7 Å². The van der Waals surface area contributed by atoms with Gasteiger partial charge in [0.05, 0.1) is 15.2 Å². The van der Waals surface area contributed by atoms with Crippen LogP contribution in [0.1, 0.15) is 0 Å². The second-order valence-electron chi connectivity index (χ2n) is 1.75. The monoisotopic (exact) mass is 220 g/mol. The molecule has 1 aromatic rings. The van der Waals surface area contributed by atoms with Crippen LogP contribution in [0.4, 0.5) is 5.69 Å². The SMILES string of the molecule is NNc1cccc(Cl)c1Br. The molecule has 0 saturated heterocycles. The molecule has 0 aliphatic heterocycles. The van der Waals surface area contributed by atoms with Gasteiger partial charge in [-0.15, -0.1) is 0 Å². The largest absolute Gasteiger partial charge is 0.323 e. The number of anilines is 1. The van der Waals surface area contributed by atoms with E-state index in [9.17, 15) is 0 Å². The lowest BCUT2D eigenvalue weighted by atomic mass is 10.3. The fraction of sp³-hybridized carbons (Fsp3) is 0. The van der Waals surface area contributed by atoms with Crippen LogP contribution >= 0.6 is 27.5 Å². The molecule has 4 heteroatoms. The Bertz CT molecular complexity index is 239. The van der Waals surface area contributed by atoms with Crippen molar-refractivity contribution in [3.8, 4) is 0 Å². The summed E-state index contributed by atoms with van der Waals surface area (Å²) in [6.07, 6.45) is 0. The van der Waals surface area contributed by atoms with Gasteiger partial charge in [0.2, 0.25) is 0 Å². The topological polar surface area (TPSA) is 38.0 Å². The number of nitrogens with one attached hydrogen (secondary N) is 1. The average molecular weight is 221 g/mol. The normalized spacial score (nSPS) is 9.50. The molecule has 0 aliphatic rings. The van der Waals surface area contributed by atoms with Gasteiger partial charge in [0.1, 0.15) is 0 Å². The first-order chi connectivity index (χ1) is 4.75. The lowest BCUT2D eigenvalue weighted by Crippen LogP contribution is -2.06. The molecule has 0 bridgehead atoms. The zero-order chi connectivity index (χ0) is 7.56. The first kappa shape index (κ1) is 7.85. The van der Waals surface area contributed by atoms with Crippen molar-refractivity contribution in [3.63, 3.8) is 0 Å². The highest BCUT2D eigenvalue weighted by Crippen LogP contribution is 2.28. The van der Waals surface area contributed by atoms with E-state index in [0.29, 0.717) is 5.02 Å². The standard InChI is InChI=1S/C6H6BrClN2/c7-6-4(8)2-1-3-5(6)10-9/h1-3,10H,9H2. The Labute approximate surface area is 72.5 Å². The van der Waals surface area contributed by atoms with Gasteiger partial charge in [0, 0.05) is 0 Å². The van der Waals surface area contributed by atoms with Gasteiger partial charge in [-0.25, -0.2) is 0 Å². The summed E-state index contributed by atoms with van der Waals surface area (Å²) < 4.78 is 0.791. The third-order valence-electron chi connectivity index (χ3n) is 1.11. The first-order valence-corrected chi connectivity index (χ1v) is 3.83. The zero-order valence-electron chi connectivity index (χ0n) is 5.07. The Morgan fingerprint density at radius 3 is 2.70 bits per heavy atom. The van der Waals surface area contributed by atoms with E-state index in [1.165, 1.54) is 0 Å². The summed E-state index contributed by atoms with van der Waals surface area (Å²) in [7, 11) is 0. The highest BCUT2D eigenvalue weighted by molar-refractivity contribution is 9.10. The van der Waals surface area contributed by atoms with Crippen molar-refractivity contribution in [1.29, 1.82) is 0 Å². The van der Waals surface area contributed by atoms with Crippen LogP contribution in [0.3, 0.4) is 0 Å². The van der Waals surface area contributed by atoms with E-state index in [4.69, 9.17) is 17.4 Å². The van der Waals surface area contributed by atoms with Crippen molar-refractivity contribution in [2.45, 2.75) is 0 Å². The Balaban J connectivity index is 3.14. The Morgan fingerprint density at radius 1 is 1.50 bits per heavy atom. The summed E-state index contributed by atoms with van der Waals surface area (Å²) >= 11 is 9.02. The summed E-state index contributed by atoms with van der Waals surface area (Å²) in [4.78, 5) is 0. The van der Waals surface area contributed by atoms with Crippen molar-refractivity contribution in [3.05, 3.63) is 27.7 Å². The van der Waals surface area contributed by atoms with Crippen molar-refractivity contribution in [2.75, 3.05) is 5.43 Å². The number of hydrogen-bond acceptors (Lipinski definition) is 2. The van der Waals surface area contributed by atoms with E-state index in [0.717, 1.165) is 10.2 Å². The zero-order valence-corrected chi connectivity index (χ0v) is 7.41. The third kappa shape index (κ3) is 1.42. The molecule has 3 N–H and O–H groups in total. The van der Waals surface area contributed by atoms with Gasteiger partial charge in [-0.3, -0.25) is 5.84 Å².